The van der Waals surface area contributed by atoms with E-state index < -0.39 is 5.60 Å². The first-order valence-electron chi connectivity index (χ1n) is 5.98. The molecule has 0 aliphatic heterocycles. The zero-order valence-electron chi connectivity index (χ0n) is 11.9. The number of carbonyl (C=O) groups excluding carboxylic acids is 1. The highest BCUT2D eigenvalue weighted by atomic mass is 35.5. The third-order valence-corrected chi connectivity index (χ3v) is 2.54. The van der Waals surface area contributed by atoms with E-state index in [0.717, 1.165) is 11.1 Å². The van der Waals surface area contributed by atoms with Gasteiger partial charge in [-0.3, -0.25) is 0 Å². The molecule has 0 amide bonds. The van der Waals surface area contributed by atoms with E-state index in [1.165, 1.54) is 6.08 Å². The summed E-state index contributed by atoms with van der Waals surface area (Å²) in [4.78, 5) is 11.6. The average molecular weight is 283 g/mol. The molecule has 1 rings (SSSR count). The van der Waals surface area contributed by atoms with Crippen molar-refractivity contribution < 1.29 is 14.3 Å². The van der Waals surface area contributed by atoms with Crippen LogP contribution >= 0.6 is 11.6 Å². The molecule has 0 aliphatic carbocycles. The molecule has 0 saturated heterocycles. The van der Waals surface area contributed by atoms with Crippen LogP contribution in [0.2, 0.25) is 5.02 Å². The summed E-state index contributed by atoms with van der Waals surface area (Å²) in [7, 11) is 1.57. The maximum absolute atomic E-state index is 11.6. The van der Waals surface area contributed by atoms with E-state index in [2.05, 4.69) is 0 Å². The Bertz CT molecular complexity index is 499. The Labute approximate surface area is 119 Å². The van der Waals surface area contributed by atoms with Gasteiger partial charge < -0.3 is 9.47 Å². The topological polar surface area (TPSA) is 35.5 Å². The summed E-state index contributed by atoms with van der Waals surface area (Å²) in [6.45, 7) is 7.38. The third kappa shape index (κ3) is 4.95. The van der Waals surface area contributed by atoms with Crippen LogP contribution in [0.3, 0.4) is 0 Å². The molecule has 0 unspecified atom stereocenters. The molecule has 0 aromatic heterocycles. The highest BCUT2D eigenvalue weighted by molar-refractivity contribution is 6.30. The molecule has 0 heterocycles. The Balaban J connectivity index is 2.96. The number of esters is 1. The smallest absolute Gasteiger partial charge is 0.331 e. The Morgan fingerprint density at radius 2 is 1.95 bits per heavy atom. The number of benzene rings is 1. The van der Waals surface area contributed by atoms with Crippen molar-refractivity contribution in [3.8, 4) is 5.75 Å². The van der Waals surface area contributed by atoms with E-state index >= 15 is 0 Å². The van der Waals surface area contributed by atoms with E-state index in [0.29, 0.717) is 10.8 Å². The Morgan fingerprint density at radius 3 is 2.47 bits per heavy atom. The second-order valence-electron chi connectivity index (χ2n) is 5.21. The molecule has 0 fully saturated rings. The summed E-state index contributed by atoms with van der Waals surface area (Å²) < 4.78 is 10.5. The Hall–Kier alpha value is -1.48. The standard InChI is InChI=1S/C15H19ClO3/c1-10-8-11(16)9-13(18-5)12(10)6-7-14(17)19-15(2,3)4/h6-9H,1-5H3/b7-6+. The molecule has 0 aliphatic rings. The number of aryl methyl sites for hydroxylation is 1. The fraction of sp³-hybridized carbons (Fsp3) is 0.400. The van der Waals surface area contributed by atoms with Gasteiger partial charge in [0.2, 0.25) is 0 Å². The monoisotopic (exact) mass is 282 g/mol. The van der Waals surface area contributed by atoms with Crippen molar-refractivity contribution in [2.45, 2.75) is 33.3 Å². The number of rotatable bonds is 3. The summed E-state index contributed by atoms with van der Waals surface area (Å²) in [5.41, 5.74) is 1.25. The summed E-state index contributed by atoms with van der Waals surface area (Å²) >= 11 is 5.95. The van der Waals surface area contributed by atoms with Gasteiger partial charge >= 0.3 is 5.97 Å². The van der Waals surface area contributed by atoms with Crippen LogP contribution in [-0.4, -0.2) is 18.7 Å². The van der Waals surface area contributed by atoms with Gasteiger partial charge in [0.1, 0.15) is 11.4 Å². The minimum absolute atomic E-state index is 0.385. The lowest BCUT2D eigenvalue weighted by Gasteiger charge is -2.18. The fourth-order valence-corrected chi connectivity index (χ4v) is 1.86. The van der Waals surface area contributed by atoms with E-state index in [1.54, 1.807) is 19.3 Å². The van der Waals surface area contributed by atoms with Crippen LogP contribution in [0.5, 0.6) is 5.75 Å². The van der Waals surface area contributed by atoms with Crippen LogP contribution in [-0.2, 0) is 9.53 Å². The van der Waals surface area contributed by atoms with Crippen molar-refractivity contribution in [3.63, 3.8) is 0 Å². The summed E-state index contributed by atoms with van der Waals surface area (Å²) in [5.74, 6) is 0.244. The maximum atomic E-state index is 11.6. The largest absolute Gasteiger partial charge is 0.496 e. The lowest BCUT2D eigenvalue weighted by Crippen LogP contribution is -2.22. The molecule has 0 bridgehead atoms. The number of halogens is 1. The molecule has 19 heavy (non-hydrogen) atoms. The van der Waals surface area contributed by atoms with Crippen molar-refractivity contribution in [1.29, 1.82) is 0 Å². The van der Waals surface area contributed by atoms with Crippen molar-refractivity contribution in [2.75, 3.05) is 7.11 Å². The molecular formula is C15H19ClO3. The quantitative estimate of drug-likeness (QED) is 0.621. The number of ether oxygens (including phenoxy) is 2. The van der Waals surface area contributed by atoms with Gasteiger partial charge in [0.15, 0.2) is 0 Å². The lowest BCUT2D eigenvalue weighted by molar-refractivity contribution is -0.148. The normalized spacial score (nSPS) is 11.7. The number of methoxy groups -OCH3 is 1. The molecule has 104 valence electrons. The van der Waals surface area contributed by atoms with E-state index in [-0.39, 0.29) is 5.97 Å². The van der Waals surface area contributed by atoms with Gasteiger partial charge in [-0.05, 0) is 51.5 Å². The molecule has 0 N–H and O–H groups in total. The van der Waals surface area contributed by atoms with Crippen LogP contribution in [0, 0.1) is 6.92 Å². The molecule has 0 saturated carbocycles. The minimum atomic E-state index is -0.499. The summed E-state index contributed by atoms with van der Waals surface area (Å²) in [6, 6.07) is 3.53. The van der Waals surface area contributed by atoms with Crippen LogP contribution in [0.1, 0.15) is 31.9 Å². The van der Waals surface area contributed by atoms with Gasteiger partial charge in [0, 0.05) is 16.7 Å². The number of hydrogen-bond donors (Lipinski definition) is 0. The molecular weight excluding hydrogens is 264 g/mol. The molecule has 0 atom stereocenters. The van der Waals surface area contributed by atoms with Gasteiger partial charge in [0.25, 0.3) is 0 Å². The second kappa shape index (κ2) is 6.11. The minimum Gasteiger partial charge on any atom is -0.496 e. The molecule has 1 aromatic carbocycles. The second-order valence-corrected chi connectivity index (χ2v) is 5.64. The van der Waals surface area contributed by atoms with Crippen LogP contribution in [0.4, 0.5) is 0 Å². The van der Waals surface area contributed by atoms with Gasteiger partial charge in [-0.2, -0.15) is 0 Å². The van der Waals surface area contributed by atoms with Crippen molar-refractivity contribution in [2.24, 2.45) is 0 Å². The van der Waals surface area contributed by atoms with Gasteiger partial charge in [-0.15, -0.1) is 0 Å². The average Bonchev–Trinajstić information content (AvgIpc) is 2.24. The van der Waals surface area contributed by atoms with E-state index in [1.807, 2.05) is 33.8 Å². The summed E-state index contributed by atoms with van der Waals surface area (Å²) in [6.07, 6.45) is 3.07. The van der Waals surface area contributed by atoms with Gasteiger partial charge in [-0.25, -0.2) is 4.79 Å². The van der Waals surface area contributed by atoms with Crippen molar-refractivity contribution in [3.05, 3.63) is 34.4 Å². The number of hydrogen-bond acceptors (Lipinski definition) is 3. The first-order chi connectivity index (χ1) is 8.73. The summed E-state index contributed by atoms with van der Waals surface area (Å²) in [5, 5.41) is 0.601. The van der Waals surface area contributed by atoms with Gasteiger partial charge in [0.05, 0.1) is 7.11 Å². The maximum Gasteiger partial charge on any atom is 0.331 e. The molecule has 0 spiro atoms. The van der Waals surface area contributed by atoms with Gasteiger partial charge in [-0.1, -0.05) is 11.6 Å². The molecule has 0 radical (unpaired) electrons. The Morgan fingerprint density at radius 1 is 1.32 bits per heavy atom. The lowest BCUT2D eigenvalue weighted by atomic mass is 10.1. The first-order valence-corrected chi connectivity index (χ1v) is 6.36. The van der Waals surface area contributed by atoms with Crippen LogP contribution in [0.15, 0.2) is 18.2 Å². The SMILES string of the molecule is COc1cc(Cl)cc(C)c1/C=C/C(=O)OC(C)(C)C. The van der Waals surface area contributed by atoms with Crippen LogP contribution < -0.4 is 4.74 Å². The molecule has 4 heteroatoms. The zero-order valence-corrected chi connectivity index (χ0v) is 12.7. The van der Waals surface area contributed by atoms with E-state index in [9.17, 15) is 4.79 Å². The highest BCUT2D eigenvalue weighted by Crippen LogP contribution is 2.28. The first kappa shape index (κ1) is 15.6. The predicted octanol–water partition coefficient (Wildman–Crippen LogP) is 4.01. The third-order valence-electron chi connectivity index (χ3n) is 2.33. The van der Waals surface area contributed by atoms with Crippen LogP contribution in [0.25, 0.3) is 6.08 Å². The molecule has 1 aromatic rings. The molecule has 3 nitrogen and oxygen atoms in total. The van der Waals surface area contributed by atoms with E-state index in [4.69, 9.17) is 21.1 Å². The predicted molar refractivity (Wildman–Crippen MR) is 77.6 cm³/mol. The highest BCUT2D eigenvalue weighted by Gasteiger charge is 2.14. The van der Waals surface area contributed by atoms with Crippen molar-refractivity contribution >= 4 is 23.6 Å². The Kier molecular flexibility index (Phi) is 5.01. The number of carbonyl (C=O) groups is 1. The zero-order chi connectivity index (χ0) is 14.6. The van der Waals surface area contributed by atoms with Crippen molar-refractivity contribution in [1.82, 2.24) is 0 Å². The fourth-order valence-electron chi connectivity index (χ4n) is 1.59.